The van der Waals surface area contributed by atoms with Gasteiger partial charge in [0.2, 0.25) is 0 Å². The molecule has 90 valence electrons. The summed E-state index contributed by atoms with van der Waals surface area (Å²) < 4.78 is 38.2. The summed E-state index contributed by atoms with van der Waals surface area (Å²) in [4.78, 5) is 0. The summed E-state index contributed by atoms with van der Waals surface area (Å²) in [5.41, 5.74) is 5.71. The molecule has 3 N–H and O–H groups in total. The third-order valence-electron chi connectivity index (χ3n) is 2.09. The molecule has 1 rings (SSSR count). The maximum absolute atomic E-state index is 13.4. The maximum Gasteiger partial charge on any atom is 0.250 e. The minimum atomic E-state index is -2.48. The van der Waals surface area contributed by atoms with Crippen LogP contribution in [0.3, 0.4) is 0 Å². The molecule has 1 unspecified atom stereocenters. The summed E-state index contributed by atoms with van der Waals surface area (Å²) in [6.45, 7) is -0.450. The van der Waals surface area contributed by atoms with Crippen LogP contribution in [0.4, 0.5) is 13.2 Å². The molecule has 0 fully saturated rings. The molecule has 0 radical (unpaired) electrons. The number of nitrogens with two attached hydrogens (primary N) is 1. The van der Waals surface area contributed by atoms with Gasteiger partial charge in [-0.15, -0.1) is 0 Å². The van der Waals surface area contributed by atoms with E-state index in [4.69, 9.17) is 5.73 Å². The zero-order chi connectivity index (χ0) is 12.1. The van der Waals surface area contributed by atoms with Crippen molar-refractivity contribution in [1.29, 1.82) is 0 Å². The maximum atomic E-state index is 13.4. The average molecular weight is 297 g/mol. The quantitative estimate of drug-likeness (QED) is 0.876. The standard InChI is InChI=1S/C10H12BrF3N2/c11-6-1-2-8(12)7(3-6)9(4-15)16-5-10(13)14/h1-3,9-10,16H,4-5,15H2. The molecule has 1 aromatic rings. The fourth-order valence-corrected chi connectivity index (χ4v) is 1.71. The Hall–Kier alpha value is -0.590. The van der Waals surface area contributed by atoms with Crippen molar-refractivity contribution in [2.75, 3.05) is 13.1 Å². The molecule has 16 heavy (non-hydrogen) atoms. The molecule has 0 saturated heterocycles. The van der Waals surface area contributed by atoms with Crippen LogP contribution in [-0.4, -0.2) is 19.5 Å². The van der Waals surface area contributed by atoms with Crippen molar-refractivity contribution in [2.45, 2.75) is 12.5 Å². The van der Waals surface area contributed by atoms with Crippen LogP contribution < -0.4 is 11.1 Å². The Bertz CT molecular complexity index is 347. The molecule has 1 atom stereocenters. The first-order chi connectivity index (χ1) is 7.54. The van der Waals surface area contributed by atoms with Gasteiger partial charge in [0.25, 0.3) is 6.43 Å². The molecule has 1 aromatic carbocycles. The number of hydrogen-bond donors (Lipinski definition) is 2. The fraction of sp³-hybridized carbons (Fsp3) is 0.400. The van der Waals surface area contributed by atoms with Crippen molar-refractivity contribution in [3.8, 4) is 0 Å². The number of benzene rings is 1. The van der Waals surface area contributed by atoms with Crippen LogP contribution in [0.2, 0.25) is 0 Å². The smallest absolute Gasteiger partial charge is 0.250 e. The van der Waals surface area contributed by atoms with Crippen LogP contribution in [0.25, 0.3) is 0 Å². The zero-order valence-electron chi connectivity index (χ0n) is 8.39. The molecule has 0 heterocycles. The van der Waals surface area contributed by atoms with Gasteiger partial charge < -0.3 is 11.1 Å². The summed E-state index contributed by atoms with van der Waals surface area (Å²) in [7, 11) is 0. The Morgan fingerprint density at radius 3 is 2.62 bits per heavy atom. The van der Waals surface area contributed by atoms with E-state index in [0.717, 1.165) is 0 Å². The predicted octanol–water partition coefficient (Wildman–Crippen LogP) is 2.44. The highest BCUT2D eigenvalue weighted by atomic mass is 79.9. The Morgan fingerprint density at radius 1 is 1.38 bits per heavy atom. The van der Waals surface area contributed by atoms with Crippen molar-refractivity contribution in [2.24, 2.45) is 5.73 Å². The first-order valence-electron chi connectivity index (χ1n) is 4.71. The third kappa shape index (κ3) is 3.77. The molecule has 6 heteroatoms. The fourth-order valence-electron chi connectivity index (χ4n) is 1.33. The molecular formula is C10H12BrF3N2. The monoisotopic (exact) mass is 296 g/mol. The first kappa shape index (κ1) is 13.5. The van der Waals surface area contributed by atoms with Crippen LogP contribution in [0.15, 0.2) is 22.7 Å². The summed E-state index contributed by atoms with van der Waals surface area (Å²) in [6.07, 6.45) is -2.48. The molecule has 0 saturated carbocycles. The largest absolute Gasteiger partial charge is 0.329 e. The number of nitrogens with one attached hydrogen (secondary N) is 1. The SMILES string of the molecule is NCC(NCC(F)F)c1cc(Br)ccc1F. The van der Waals surface area contributed by atoms with Crippen molar-refractivity contribution >= 4 is 15.9 Å². The lowest BCUT2D eigenvalue weighted by molar-refractivity contribution is 0.141. The highest BCUT2D eigenvalue weighted by Crippen LogP contribution is 2.21. The van der Waals surface area contributed by atoms with E-state index in [1.807, 2.05) is 0 Å². The van der Waals surface area contributed by atoms with Gasteiger partial charge in [-0.3, -0.25) is 0 Å². The van der Waals surface area contributed by atoms with Crippen LogP contribution in [0, 0.1) is 5.82 Å². The summed E-state index contributed by atoms with van der Waals surface area (Å²) in [5, 5.41) is 2.52. The Kier molecular flexibility index (Phi) is 5.24. The van der Waals surface area contributed by atoms with Crippen molar-refractivity contribution in [3.63, 3.8) is 0 Å². The van der Waals surface area contributed by atoms with Gasteiger partial charge in [0.05, 0.1) is 6.54 Å². The zero-order valence-corrected chi connectivity index (χ0v) is 9.98. The predicted molar refractivity (Wildman–Crippen MR) is 59.9 cm³/mol. The van der Waals surface area contributed by atoms with Crippen molar-refractivity contribution in [1.82, 2.24) is 5.32 Å². The number of rotatable bonds is 5. The third-order valence-corrected chi connectivity index (χ3v) is 2.58. The van der Waals surface area contributed by atoms with Gasteiger partial charge in [-0.2, -0.15) is 0 Å². The second-order valence-corrected chi connectivity index (χ2v) is 4.17. The Labute approximate surface area is 100 Å². The highest BCUT2D eigenvalue weighted by molar-refractivity contribution is 9.10. The highest BCUT2D eigenvalue weighted by Gasteiger charge is 2.15. The number of halogens is 4. The molecule has 0 bridgehead atoms. The minimum absolute atomic E-state index is 0.0556. The minimum Gasteiger partial charge on any atom is -0.329 e. The normalized spacial score (nSPS) is 13.1. The molecule has 0 aromatic heterocycles. The second-order valence-electron chi connectivity index (χ2n) is 3.25. The topological polar surface area (TPSA) is 38.0 Å². The molecule has 2 nitrogen and oxygen atoms in total. The van der Waals surface area contributed by atoms with Gasteiger partial charge in [-0.25, -0.2) is 13.2 Å². The van der Waals surface area contributed by atoms with Crippen LogP contribution in [0.5, 0.6) is 0 Å². The van der Waals surface area contributed by atoms with Crippen molar-refractivity contribution < 1.29 is 13.2 Å². The Balaban J connectivity index is 2.81. The van der Waals surface area contributed by atoms with Crippen LogP contribution >= 0.6 is 15.9 Å². The molecule has 0 aliphatic heterocycles. The van der Waals surface area contributed by atoms with Gasteiger partial charge in [0.1, 0.15) is 5.82 Å². The number of alkyl halides is 2. The van der Waals surface area contributed by atoms with Crippen molar-refractivity contribution in [3.05, 3.63) is 34.1 Å². The van der Waals surface area contributed by atoms with E-state index in [1.54, 1.807) is 6.07 Å². The lowest BCUT2D eigenvalue weighted by atomic mass is 10.1. The molecule has 0 aliphatic rings. The van der Waals surface area contributed by atoms with Gasteiger partial charge in [0, 0.05) is 22.6 Å². The van der Waals surface area contributed by atoms with Crippen LogP contribution in [0.1, 0.15) is 11.6 Å². The number of hydrogen-bond acceptors (Lipinski definition) is 2. The Morgan fingerprint density at radius 2 is 2.06 bits per heavy atom. The van der Waals surface area contributed by atoms with E-state index in [9.17, 15) is 13.2 Å². The van der Waals surface area contributed by atoms with Crippen LogP contribution in [-0.2, 0) is 0 Å². The molecule has 0 amide bonds. The second kappa shape index (κ2) is 6.22. The van der Waals surface area contributed by atoms with Gasteiger partial charge in [0.15, 0.2) is 0 Å². The lowest BCUT2D eigenvalue weighted by Gasteiger charge is -2.18. The molecule has 0 spiro atoms. The first-order valence-corrected chi connectivity index (χ1v) is 5.50. The van der Waals surface area contributed by atoms with Gasteiger partial charge in [-0.05, 0) is 18.2 Å². The lowest BCUT2D eigenvalue weighted by Crippen LogP contribution is -2.32. The summed E-state index contributed by atoms with van der Waals surface area (Å²) >= 11 is 3.19. The summed E-state index contributed by atoms with van der Waals surface area (Å²) in [5.74, 6) is -0.458. The molecular weight excluding hydrogens is 285 g/mol. The van der Waals surface area contributed by atoms with Gasteiger partial charge >= 0.3 is 0 Å². The van der Waals surface area contributed by atoms with E-state index in [1.165, 1.54) is 12.1 Å². The molecule has 0 aliphatic carbocycles. The van der Waals surface area contributed by atoms with E-state index in [0.29, 0.717) is 4.47 Å². The van der Waals surface area contributed by atoms with E-state index in [-0.39, 0.29) is 12.1 Å². The van der Waals surface area contributed by atoms with Gasteiger partial charge in [-0.1, -0.05) is 15.9 Å². The van der Waals surface area contributed by atoms with E-state index >= 15 is 0 Å². The van der Waals surface area contributed by atoms with E-state index < -0.39 is 24.8 Å². The summed E-state index contributed by atoms with van der Waals surface area (Å²) in [6, 6.07) is 3.74. The van der Waals surface area contributed by atoms with E-state index in [2.05, 4.69) is 21.2 Å². The average Bonchev–Trinajstić information content (AvgIpc) is 2.23.